The Bertz CT molecular complexity index is 545. The van der Waals surface area contributed by atoms with Crippen molar-refractivity contribution >= 4 is 0 Å². The second-order valence-electron chi connectivity index (χ2n) is 4.45. The van der Waals surface area contributed by atoms with Crippen molar-refractivity contribution in [1.82, 2.24) is 19.5 Å². The summed E-state index contributed by atoms with van der Waals surface area (Å²) in [5.74, 6) is 0. The molecule has 0 saturated carbocycles. The number of ether oxygens (including phenoxy) is 1. The van der Waals surface area contributed by atoms with E-state index >= 15 is 0 Å². The van der Waals surface area contributed by atoms with E-state index < -0.39 is 12.2 Å². The Morgan fingerprint density at radius 2 is 2.16 bits per heavy atom. The van der Waals surface area contributed by atoms with Crippen LogP contribution in [0.4, 0.5) is 0 Å². The van der Waals surface area contributed by atoms with Gasteiger partial charge in [-0.05, 0) is 0 Å². The van der Waals surface area contributed by atoms with E-state index in [0.29, 0.717) is 6.42 Å². The van der Waals surface area contributed by atoms with Crippen LogP contribution in [-0.2, 0) is 4.74 Å². The summed E-state index contributed by atoms with van der Waals surface area (Å²) in [6.45, 7) is -0.189. The Morgan fingerprint density at radius 3 is 2.84 bits per heavy atom. The molecule has 1 fully saturated rings. The summed E-state index contributed by atoms with van der Waals surface area (Å²) in [5.41, 5.74) is 1.56. The number of nitrogens with zero attached hydrogens (tertiary/aromatic N) is 4. The minimum atomic E-state index is -0.652. The van der Waals surface area contributed by atoms with Crippen molar-refractivity contribution < 1.29 is 14.9 Å². The molecule has 0 bridgehead atoms. The number of rotatable bonds is 3. The number of hydrogen-bond acceptors (Lipinski definition) is 6. The molecule has 1 saturated heterocycles. The van der Waals surface area contributed by atoms with Gasteiger partial charge in [-0.3, -0.25) is 0 Å². The molecule has 2 aromatic rings. The monoisotopic (exact) mass is 262 g/mol. The van der Waals surface area contributed by atoms with Crippen LogP contribution in [-0.4, -0.2) is 48.5 Å². The van der Waals surface area contributed by atoms with Gasteiger partial charge in [0.15, 0.2) is 0 Å². The van der Waals surface area contributed by atoms with Crippen molar-refractivity contribution in [3.63, 3.8) is 0 Å². The molecule has 19 heavy (non-hydrogen) atoms. The molecule has 1 aliphatic heterocycles. The van der Waals surface area contributed by atoms with Crippen LogP contribution in [0, 0.1) is 0 Å². The van der Waals surface area contributed by atoms with Crippen LogP contribution in [0.5, 0.6) is 0 Å². The van der Waals surface area contributed by atoms with Gasteiger partial charge in [0.2, 0.25) is 0 Å². The third kappa shape index (κ3) is 2.35. The van der Waals surface area contributed by atoms with Crippen molar-refractivity contribution in [2.75, 3.05) is 6.61 Å². The van der Waals surface area contributed by atoms with Gasteiger partial charge in [0.25, 0.3) is 0 Å². The molecule has 0 unspecified atom stereocenters. The van der Waals surface area contributed by atoms with Crippen LogP contribution in [0.2, 0.25) is 0 Å². The highest BCUT2D eigenvalue weighted by Crippen LogP contribution is 2.29. The number of aliphatic hydroxyl groups is 2. The molecule has 0 radical (unpaired) electrons. The largest absolute Gasteiger partial charge is 0.394 e. The zero-order valence-electron chi connectivity index (χ0n) is 10.1. The van der Waals surface area contributed by atoms with Gasteiger partial charge in [-0.25, -0.2) is 15.0 Å². The summed E-state index contributed by atoms with van der Waals surface area (Å²) in [6.07, 6.45) is 7.22. The summed E-state index contributed by atoms with van der Waals surface area (Å²) in [6, 6.07) is 0. The highest BCUT2D eigenvalue weighted by molar-refractivity contribution is 5.55. The third-order valence-electron chi connectivity index (χ3n) is 3.17. The van der Waals surface area contributed by atoms with Crippen molar-refractivity contribution in [1.29, 1.82) is 0 Å². The average Bonchev–Trinajstić information content (AvgIpc) is 3.06. The maximum absolute atomic E-state index is 9.71. The van der Waals surface area contributed by atoms with E-state index in [-0.39, 0.29) is 12.8 Å². The Morgan fingerprint density at radius 1 is 1.37 bits per heavy atom. The van der Waals surface area contributed by atoms with Gasteiger partial charge in [0, 0.05) is 30.6 Å². The lowest BCUT2D eigenvalue weighted by Gasteiger charge is -2.12. The van der Waals surface area contributed by atoms with Gasteiger partial charge < -0.3 is 19.5 Å². The molecular weight excluding hydrogens is 248 g/mol. The zero-order valence-corrected chi connectivity index (χ0v) is 10.1. The predicted molar refractivity (Wildman–Crippen MR) is 64.9 cm³/mol. The Hall–Kier alpha value is -1.83. The highest BCUT2D eigenvalue weighted by Gasteiger charge is 2.34. The molecule has 7 heteroatoms. The lowest BCUT2D eigenvalue weighted by molar-refractivity contribution is -0.0443. The molecule has 2 N–H and O–H groups in total. The molecule has 3 atom stereocenters. The number of aliphatic hydroxyl groups excluding tert-OH is 2. The molecule has 1 aliphatic rings. The lowest BCUT2D eigenvalue weighted by Crippen LogP contribution is -2.24. The van der Waals surface area contributed by atoms with E-state index in [4.69, 9.17) is 9.84 Å². The van der Waals surface area contributed by atoms with Gasteiger partial charge in [0.05, 0.1) is 24.7 Å². The highest BCUT2D eigenvalue weighted by atomic mass is 16.5. The molecule has 3 rings (SSSR count). The van der Waals surface area contributed by atoms with Crippen molar-refractivity contribution in [2.45, 2.75) is 24.9 Å². The zero-order chi connectivity index (χ0) is 13.2. The summed E-state index contributed by atoms with van der Waals surface area (Å²) >= 11 is 0. The van der Waals surface area contributed by atoms with Crippen LogP contribution in [0.3, 0.4) is 0 Å². The van der Waals surface area contributed by atoms with Gasteiger partial charge in [-0.15, -0.1) is 0 Å². The summed E-state index contributed by atoms with van der Waals surface area (Å²) in [5, 5.41) is 18.8. The van der Waals surface area contributed by atoms with E-state index in [1.165, 1.54) is 6.33 Å². The Kier molecular flexibility index (Phi) is 3.24. The topological polar surface area (TPSA) is 93.3 Å². The molecular formula is C12H14N4O3. The van der Waals surface area contributed by atoms with Crippen LogP contribution < -0.4 is 0 Å². The summed E-state index contributed by atoms with van der Waals surface area (Å²) in [4.78, 5) is 12.1. The summed E-state index contributed by atoms with van der Waals surface area (Å²) < 4.78 is 7.33. The van der Waals surface area contributed by atoms with Crippen molar-refractivity contribution in [3.05, 3.63) is 31.2 Å². The normalized spacial score (nSPS) is 26.7. The molecule has 7 nitrogen and oxygen atoms in total. The maximum Gasteiger partial charge on any atom is 0.137 e. The molecule has 2 aromatic heterocycles. The van der Waals surface area contributed by atoms with Gasteiger partial charge >= 0.3 is 0 Å². The van der Waals surface area contributed by atoms with E-state index in [0.717, 1.165) is 11.3 Å². The average molecular weight is 262 g/mol. The fourth-order valence-electron chi connectivity index (χ4n) is 2.14. The first-order valence-corrected chi connectivity index (χ1v) is 6.01. The van der Waals surface area contributed by atoms with Crippen LogP contribution in [0.15, 0.2) is 31.2 Å². The number of aromatic nitrogens is 4. The van der Waals surface area contributed by atoms with Gasteiger partial charge in [0.1, 0.15) is 18.7 Å². The van der Waals surface area contributed by atoms with Crippen LogP contribution >= 0.6 is 0 Å². The first kappa shape index (κ1) is 12.2. The second kappa shape index (κ2) is 5.04. The molecule has 3 heterocycles. The van der Waals surface area contributed by atoms with Crippen molar-refractivity contribution in [3.8, 4) is 11.3 Å². The van der Waals surface area contributed by atoms with Crippen molar-refractivity contribution in [2.24, 2.45) is 0 Å². The maximum atomic E-state index is 9.71. The van der Waals surface area contributed by atoms with Gasteiger partial charge in [-0.2, -0.15) is 0 Å². The quantitative estimate of drug-likeness (QED) is 0.807. The van der Waals surface area contributed by atoms with E-state index in [1.54, 1.807) is 23.3 Å². The minimum Gasteiger partial charge on any atom is -0.394 e. The fourth-order valence-corrected chi connectivity index (χ4v) is 2.14. The Labute approximate surface area is 109 Å². The molecule has 100 valence electrons. The first-order valence-electron chi connectivity index (χ1n) is 6.01. The predicted octanol–water partition coefficient (Wildman–Crippen LogP) is -0.0192. The third-order valence-corrected chi connectivity index (χ3v) is 3.17. The molecule has 0 spiro atoms. The first-order chi connectivity index (χ1) is 9.28. The SMILES string of the molecule is OC[C@H]1O[C@@H](n2cnc(-c3cncnc3)c2)C[C@@H]1O. The summed E-state index contributed by atoms with van der Waals surface area (Å²) in [7, 11) is 0. The van der Waals surface area contributed by atoms with Crippen LogP contribution in [0.1, 0.15) is 12.6 Å². The number of imidazole rings is 1. The van der Waals surface area contributed by atoms with Crippen LogP contribution in [0.25, 0.3) is 11.3 Å². The fraction of sp³-hybridized carbons (Fsp3) is 0.417. The van der Waals surface area contributed by atoms with E-state index in [1.807, 2.05) is 6.20 Å². The second-order valence-corrected chi connectivity index (χ2v) is 4.45. The minimum absolute atomic E-state index is 0.189. The molecule has 0 aliphatic carbocycles. The lowest BCUT2D eigenvalue weighted by atomic mass is 10.2. The Balaban J connectivity index is 1.79. The molecule has 0 aromatic carbocycles. The molecule has 0 amide bonds. The smallest absolute Gasteiger partial charge is 0.137 e. The van der Waals surface area contributed by atoms with Gasteiger partial charge in [-0.1, -0.05) is 0 Å². The van der Waals surface area contributed by atoms with E-state index in [2.05, 4.69) is 15.0 Å². The van der Waals surface area contributed by atoms with E-state index in [9.17, 15) is 5.11 Å². The standard InChI is InChI=1S/C12H14N4O3/c17-5-11-10(18)1-12(19-11)16-4-9(15-7-16)8-2-13-6-14-3-8/h2-4,6-7,10-12,17-18H,1,5H2/t10-,11+,12+/m0/s1. The number of hydrogen-bond donors (Lipinski definition) is 2.